The van der Waals surface area contributed by atoms with E-state index < -0.39 is 0 Å². The number of nitrogens with one attached hydrogen (secondary N) is 1. The lowest BCUT2D eigenvalue weighted by Gasteiger charge is -2.22. The number of imide groups is 1. The Morgan fingerprint density at radius 2 is 2.15 bits per heavy atom. The van der Waals surface area contributed by atoms with Gasteiger partial charge in [0.2, 0.25) is 11.8 Å². The molecule has 0 aromatic heterocycles. The van der Waals surface area contributed by atoms with Crippen molar-refractivity contribution in [3.8, 4) is 5.75 Å². The van der Waals surface area contributed by atoms with Crippen molar-refractivity contribution in [2.75, 3.05) is 26.1 Å². The third-order valence-electron chi connectivity index (χ3n) is 3.22. The Bertz CT molecular complexity index is 516. The summed E-state index contributed by atoms with van der Waals surface area (Å²) in [4.78, 5) is 23.0. The molecule has 1 saturated heterocycles. The van der Waals surface area contributed by atoms with E-state index in [1.165, 1.54) is 0 Å². The van der Waals surface area contributed by atoms with Crippen LogP contribution in [-0.4, -0.2) is 32.1 Å². The smallest absolute Gasteiger partial charge is 0.234 e. The van der Waals surface area contributed by atoms with Crippen molar-refractivity contribution in [1.29, 1.82) is 0 Å². The van der Waals surface area contributed by atoms with E-state index in [0.29, 0.717) is 37.5 Å². The molecule has 1 aliphatic rings. The quantitative estimate of drug-likeness (QED) is 0.472. The highest BCUT2D eigenvalue weighted by molar-refractivity contribution is 6.01. The molecule has 0 saturated carbocycles. The second kappa shape index (κ2) is 6.38. The Hall–Kier alpha value is -2.08. The standard InChI is InChI=1S/C14H18N2O4/c1-19-6-7-20-12-8-9(2-4-11(12)15)10-3-5-13(17)16-14(10)18/h2,4,8,10H,3,5-7,15H2,1H3,(H,16,17,18). The molecule has 1 heterocycles. The summed E-state index contributed by atoms with van der Waals surface area (Å²) in [5, 5.41) is 2.34. The molecule has 6 heteroatoms. The molecule has 1 aromatic carbocycles. The second-order valence-electron chi connectivity index (χ2n) is 4.64. The van der Waals surface area contributed by atoms with Gasteiger partial charge in [0, 0.05) is 13.5 Å². The summed E-state index contributed by atoms with van der Waals surface area (Å²) in [6.45, 7) is 0.849. The number of ether oxygens (including phenoxy) is 2. The van der Waals surface area contributed by atoms with Gasteiger partial charge in [-0.15, -0.1) is 0 Å². The van der Waals surface area contributed by atoms with Gasteiger partial charge in [-0.25, -0.2) is 0 Å². The van der Waals surface area contributed by atoms with Crippen molar-refractivity contribution >= 4 is 17.5 Å². The lowest BCUT2D eigenvalue weighted by atomic mass is 9.90. The highest BCUT2D eigenvalue weighted by atomic mass is 16.5. The molecule has 2 amide bonds. The first kappa shape index (κ1) is 14.3. The number of hydrogen-bond acceptors (Lipinski definition) is 5. The van der Waals surface area contributed by atoms with Gasteiger partial charge < -0.3 is 15.2 Å². The first-order valence-electron chi connectivity index (χ1n) is 6.46. The zero-order chi connectivity index (χ0) is 14.5. The van der Waals surface area contributed by atoms with Crippen molar-refractivity contribution < 1.29 is 19.1 Å². The lowest BCUT2D eigenvalue weighted by Crippen LogP contribution is -2.39. The average molecular weight is 278 g/mol. The van der Waals surface area contributed by atoms with Gasteiger partial charge in [-0.3, -0.25) is 14.9 Å². The van der Waals surface area contributed by atoms with Crippen LogP contribution < -0.4 is 15.8 Å². The van der Waals surface area contributed by atoms with Crippen molar-refractivity contribution in [2.45, 2.75) is 18.8 Å². The fourth-order valence-corrected chi connectivity index (χ4v) is 2.14. The van der Waals surface area contributed by atoms with Crippen LogP contribution in [0.3, 0.4) is 0 Å². The Morgan fingerprint density at radius 3 is 2.85 bits per heavy atom. The maximum absolute atomic E-state index is 11.8. The van der Waals surface area contributed by atoms with Gasteiger partial charge in [0.05, 0.1) is 18.2 Å². The summed E-state index contributed by atoms with van der Waals surface area (Å²) in [5.74, 6) is -0.297. The van der Waals surface area contributed by atoms with Crippen molar-refractivity contribution in [1.82, 2.24) is 5.32 Å². The number of amides is 2. The number of piperidine rings is 1. The summed E-state index contributed by atoms with van der Waals surface area (Å²) in [5.41, 5.74) is 7.15. The third-order valence-corrected chi connectivity index (χ3v) is 3.22. The molecule has 0 radical (unpaired) electrons. The Kier molecular flexibility index (Phi) is 4.57. The Labute approximate surface area is 117 Å². The molecule has 1 aliphatic heterocycles. The number of rotatable bonds is 5. The molecule has 1 unspecified atom stereocenters. The highest BCUT2D eigenvalue weighted by Crippen LogP contribution is 2.30. The maximum atomic E-state index is 11.8. The van der Waals surface area contributed by atoms with Gasteiger partial charge in [0.25, 0.3) is 0 Å². The normalized spacial score (nSPS) is 18.8. The number of carbonyl (C=O) groups is 2. The van der Waals surface area contributed by atoms with E-state index in [4.69, 9.17) is 15.2 Å². The second-order valence-corrected chi connectivity index (χ2v) is 4.64. The van der Waals surface area contributed by atoms with Crippen LogP contribution in [0, 0.1) is 0 Å². The molecule has 108 valence electrons. The monoisotopic (exact) mass is 278 g/mol. The van der Waals surface area contributed by atoms with Crippen molar-refractivity contribution in [3.05, 3.63) is 23.8 Å². The highest BCUT2D eigenvalue weighted by Gasteiger charge is 2.28. The minimum absolute atomic E-state index is 0.224. The fourth-order valence-electron chi connectivity index (χ4n) is 2.14. The number of benzene rings is 1. The molecule has 2 rings (SSSR count). The average Bonchev–Trinajstić information content (AvgIpc) is 2.41. The molecule has 20 heavy (non-hydrogen) atoms. The number of carbonyl (C=O) groups excluding carboxylic acids is 2. The van der Waals surface area contributed by atoms with Crippen LogP contribution in [0.2, 0.25) is 0 Å². The van der Waals surface area contributed by atoms with Crippen LogP contribution in [0.15, 0.2) is 18.2 Å². The van der Waals surface area contributed by atoms with Crippen LogP contribution in [0.5, 0.6) is 5.75 Å². The largest absolute Gasteiger partial charge is 0.489 e. The number of methoxy groups -OCH3 is 1. The van der Waals surface area contributed by atoms with Crippen LogP contribution >= 0.6 is 0 Å². The summed E-state index contributed by atoms with van der Waals surface area (Å²) in [6.07, 6.45) is 0.854. The molecule has 1 fully saturated rings. The molecule has 0 bridgehead atoms. The predicted octanol–water partition coefficient (Wildman–Crippen LogP) is 0.814. The van der Waals surface area contributed by atoms with Crippen LogP contribution in [0.1, 0.15) is 24.3 Å². The summed E-state index contributed by atoms with van der Waals surface area (Å²) < 4.78 is 10.4. The van der Waals surface area contributed by atoms with E-state index in [-0.39, 0.29) is 17.7 Å². The van der Waals surface area contributed by atoms with Crippen molar-refractivity contribution in [2.24, 2.45) is 0 Å². The zero-order valence-corrected chi connectivity index (χ0v) is 11.3. The molecule has 1 aromatic rings. The molecular weight excluding hydrogens is 260 g/mol. The number of hydrogen-bond donors (Lipinski definition) is 2. The molecule has 0 aliphatic carbocycles. The van der Waals surface area contributed by atoms with Crippen molar-refractivity contribution in [3.63, 3.8) is 0 Å². The topological polar surface area (TPSA) is 90.6 Å². The Balaban J connectivity index is 2.14. The zero-order valence-electron chi connectivity index (χ0n) is 11.3. The van der Waals surface area contributed by atoms with E-state index in [2.05, 4.69) is 5.32 Å². The Morgan fingerprint density at radius 1 is 1.35 bits per heavy atom. The third kappa shape index (κ3) is 3.27. The minimum atomic E-state index is -0.335. The fraction of sp³-hybridized carbons (Fsp3) is 0.429. The van der Waals surface area contributed by atoms with Gasteiger partial charge in [0.1, 0.15) is 12.4 Å². The van der Waals surface area contributed by atoms with Gasteiger partial charge in [-0.2, -0.15) is 0 Å². The SMILES string of the molecule is COCCOc1cc(C2CCC(=O)NC2=O)ccc1N. The summed E-state index contributed by atoms with van der Waals surface area (Å²) >= 11 is 0. The first-order chi connectivity index (χ1) is 9.61. The molecule has 0 spiro atoms. The number of nitrogens with two attached hydrogens (primary N) is 1. The summed E-state index contributed by atoms with van der Waals surface area (Å²) in [6, 6.07) is 5.25. The van der Waals surface area contributed by atoms with E-state index in [0.717, 1.165) is 5.56 Å². The van der Waals surface area contributed by atoms with E-state index in [9.17, 15) is 9.59 Å². The van der Waals surface area contributed by atoms with Gasteiger partial charge in [0.15, 0.2) is 0 Å². The summed E-state index contributed by atoms with van der Waals surface area (Å²) in [7, 11) is 1.59. The molecule has 6 nitrogen and oxygen atoms in total. The molecule has 3 N–H and O–H groups in total. The first-order valence-corrected chi connectivity index (χ1v) is 6.46. The number of nitrogen functional groups attached to an aromatic ring is 1. The van der Waals surface area contributed by atoms with E-state index in [1.54, 1.807) is 25.3 Å². The van der Waals surface area contributed by atoms with Crippen LogP contribution in [-0.2, 0) is 14.3 Å². The van der Waals surface area contributed by atoms with Gasteiger partial charge in [-0.1, -0.05) is 6.07 Å². The molecular formula is C14H18N2O4. The lowest BCUT2D eigenvalue weighted by molar-refractivity contribution is -0.134. The van der Waals surface area contributed by atoms with Gasteiger partial charge >= 0.3 is 0 Å². The van der Waals surface area contributed by atoms with Gasteiger partial charge in [-0.05, 0) is 24.1 Å². The van der Waals surface area contributed by atoms with Crippen LogP contribution in [0.4, 0.5) is 5.69 Å². The van der Waals surface area contributed by atoms with E-state index in [1.807, 2.05) is 0 Å². The minimum Gasteiger partial charge on any atom is -0.489 e. The number of anilines is 1. The predicted molar refractivity (Wildman–Crippen MR) is 73.4 cm³/mol. The van der Waals surface area contributed by atoms with Crippen LogP contribution in [0.25, 0.3) is 0 Å². The molecule has 1 atom stereocenters. The maximum Gasteiger partial charge on any atom is 0.234 e. The van der Waals surface area contributed by atoms with E-state index >= 15 is 0 Å².